The number of fused-ring (bicyclic) bond motifs is 2. The van der Waals surface area contributed by atoms with E-state index in [4.69, 9.17) is 4.98 Å². The van der Waals surface area contributed by atoms with Crippen LogP contribution in [-0.4, -0.2) is 47.6 Å². The lowest BCUT2D eigenvalue weighted by Crippen LogP contribution is -2.36. The Balaban J connectivity index is 0.00000400. The van der Waals surface area contributed by atoms with Gasteiger partial charge in [0.1, 0.15) is 10.0 Å². The molecule has 1 amide bonds. The SMILES string of the molecule is CCCN1CCc2c(sc(NC(=O)c3ccc(S(=O)(=O)N(Cc4ccccc4)C(C)C)cc3)c2-c2nc3ccccc3s2)C1.Cl. The number of nitrogens with one attached hydrogen (secondary N) is 1. The Morgan fingerprint density at radius 1 is 1.00 bits per heavy atom. The summed E-state index contributed by atoms with van der Waals surface area (Å²) in [5.41, 5.74) is 4.56. The minimum atomic E-state index is -3.78. The maximum atomic E-state index is 13.6. The summed E-state index contributed by atoms with van der Waals surface area (Å²) in [4.78, 5) is 22.4. The maximum Gasteiger partial charge on any atom is 0.256 e. The van der Waals surface area contributed by atoms with Crippen molar-refractivity contribution < 1.29 is 13.2 Å². The Morgan fingerprint density at radius 3 is 2.40 bits per heavy atom. The minimum Gasteiger partial charge on any atom is -0.313 e. The fourth-order valence-electron chi connectivity index (χ4n) is 5.65. The number of hydrogen-bond donors (Lipinski definition) is 1. The zero-order valence-corrected chi connectivity index (χ0v) is 28.8. The van der Waals surface area contributed by atoms with E-state index in [0.717, 1.165) is 63.8 Å². The first-order chi connectivity index (χ1) is 21.2. The highest BCUT2D eigenvalue weighted by molar-refractivity contribution is 7.89. The monoisotopic (exact) mass is 680 g/mol. The quantitative estimate of drug-likeness (QED) is 0.161. The van der Waals surface area contributed by atoms with Gasteiger partial charge in [0, 0.05) is 41.7 Å². The molecule has 0 bridgehead atoms. The number of benzene rings is 3. The number of nitrogens with zero attached hydrogens (tertiary/aromatic N) is 3. The summed E-state index contributed by atoms with van der Waals surface area (Å²) < 4.78 is 29.9. The van der Waals surface area contributed by atoms with Crippen molar-refractivity contribution in [2.75, 3.05) is 18.4 Å². The number of rotatable bonds is 10. The second kappa shape index (κ2) is 14.1. The van der Waals surface area contributed by atoms with Crippen LogP contribution in [0.1, 0.15) is 53.6 Å². The Kier molecular flexibility index (Phi) is 10.4. The van der Waals surface area contributed by atoms with Gasteiger partial charge in [0.15, 0.2) is 0 Å². The number of para-hydroxylation sites is 1. The van der Waals surface area contributed by atoms with E-state index < -0.39 is 10.0 Å². The molecule has 11 heteroatoms. The first-order valence-corrected chi connectivity index (χ1v) is 18.0. The summed E-state index contributed by atoms with van der Waals surface area (Å²) in [7, 11) is -3.78. The van der Waals surface area contributed by atoms with Crippen LogP contribution in [0.5, 0.6) is 0 Å². The number of carbonyl (C=O) groups is 1. The van der Waals surface area contributed by atoms with Gasteiger partial charge in [-0.15, -0.1) is 35.1 Å². The van der Waals surface area contributed by atoms with E-state index in [1.165, 1.54) is 26.9 Å². The zero-order chi connectivity index (χ0) is 30.8. The van der Waals surface area contributed by atoms with Crippen LogP contribution in [-0.2, 0) is 29.5 Å². The summed E-state index contributed by atoms with van der Waals surface area (Å²) in [5.74, 6) is -0.273. The summed E-state index contributed by atoms with van der Waals surface area (Å²) in [6.07, 6.45) is 2.01. The van der Waals surface area contributed by atoms with Crippen LogP contribution >= 0.6 is 35.1 Å². The molecule has 0 saturated carbocycles. The predicted octanol–water partition coefficient (Wildman–Crippen LogP) is 8.07. The van der Waals surface area contributed by atoms with Crippen LogP contribution in [0.25, 0.3) is 20.8 Å². The molecule has 45 heavy (non-hydrogen) atoms. The van der Waals surface area contributed by atoms with Crippen molar-refractivity contribution in [2.45, 2.75) is 57.6 Å². The summed E-state index contributed by atoms with van der Waals surface area (Å²) >= 11 is 3.27. The molecule has 0 aliphatic carbocycles. The smallest absolute Gasteiger partial charge is 0.256 e. The number of amides is 1. The molecule has 0 atom stereocenters. The molecule has 5 aromatic rings. The molecule has 1 aliphatic heterocycles. The van der Waals surface area contributed by atoms with E-state index in [9.17, 15) is 13.2 Å². The largest absolute Gasteiger partial charge is 0.313 e. The van der Waals surface area contributed by atoms with Gasteiger partial charge in [0.25, 0.3) is 5.91 Å². The minimum absolute atomic E-state index is 0. The van der Waals surface area contributed by atoms with Gasteiger partial charge in [0.05, 0.1) is 15.1 Å². The van der Waals surface area contributed by atoms with Crippen molar-refractivity contribution in [3.8, 4) is 10.6 Å². The lowest BCUT2D eigenvalue weighted by Gasteiger charge is -2.26. The molecule has 0 radical (unpaired) electrons. The lowest BCUT2D eigenvalue weighted by atomic mass is 10.0. The number of halogens is 1. The van der Waals surface area contributed by atoms with E-state index in [1.807, 2.05) is 62.4 Å². The molecule has 0 spiro atoms. The molecule has 6 rings (SSSR count). The Morgan fingerprint density at radius 2 is 1.71 bits per heavy atom. The topological polar surface area (TPSA) is 82.6 Å². The zero-order valence-electron chi connectivity index (χ0n) is 25.5. The van der Waals surface area contributed by atoms with Crippen molar-refractivity contribution in [1.82, 2.24) is 14.2 Å². The molecular formula is C34H37ClN4O3S3. The van der Waals surface area contributed by atoms with Crippen molar-refractivity contribution in [3.05, 3.63) is 100 Å². The molecule has 2 aromatic heterocycles. The van der Waals surface area contributed by atoms with Crippen LogP contribution in [0.15, 0.2) is 83.8 Å². The number of sulfonamides is 1. The Hall–Kier alpha value is -3.12. The summed E-state index contributed by atoms with van der Waals surface area (Å²) in [5, 5.41) is 4.88. The normalized spacial score (nSPS) is 13.6. The molecule has 0 unspecified atom stereocenters. The third-order valence-corrected chi connectivity index (χ3v) is 12.1. The third kappa shape index (κ3) is 7.01. The van der Waals surface area contributed by atoms with Crippen molar-refractivity contribution in [2.24, 2.45) is 0 Å². The van der Waals surface area contributed by atoms with Crippen LogP contribution in [0.2, 0.25) is 0 Å². The fraction of sp³-hybridized carbons (Fsp3) is 0.294. The van der Waals surface area contributed by atoms with Gasteiger partial charge in [-0.1, -0.05) is 49.4 Å². The molecule has 3 heterocycles. The molecule has 3 aromatic carbocycles. The molecule has 0 fully saturated rings. The van der Waals surface area contributed by atoms with Crippen molar-refractivity contribution in [3.63, 3.8) is 0 Å². The van der Waals surface area contributed by atoms with E-state index in [-0.39, 0.29) is 35.8 Å². The Labute approximate surface area is 279 Å². The second-order valence-corrected chi connectivity index (χ2v) is 15.4. The average Bonchev–Trinajstić information content (AvgIpc) is 3.60. The van der Waals surface area contributed by atoms with E-state index in [1.54, 1.807) is 34.8 Å². The van der Waals surface area contributed by atoms with Gasteiger partial charge in [-0.05, 0) is 80.8 Å². The number of carbonyl (C=O) groups excluding carboxylic acids is 1. The van der Waals surface area contributed by atoms with E-state index in [0.29, 0.717) is 5.56 Å². The second-order valence-electron chi connectivity index (χ2n) is 11.3. The standard InChI is InChI=1S/C34H36N4O3S3.ClH/c1-4-19-37-20-18-27-30(22-37)43-34(31(27)33-35-28-12-8-9-13-29(28)42-33)36-32(39)25-14-16-26(17-15-25)44(40,41)38(23(2)3)21-24-10-6-5-7-11-24;/h5-17,23H,4,18-22H2,1-3H3,(H,36,39);1H. The van der Waals surface area contributed by atoms with Crippen molar-refractivity contribution in [1.29, 1.82) is 0 Å². The van der Waals surface area contributed by atoms with Gasteiger partial charge in [-0.2, -0.15) is 4.31 Å². The van der Waals surface area contributed by atoms with E-state index in [2.05, 4.69) is 23.2 Å². The molecule has 1 aliphatic rings. The molecule has 7 nitrogen and oxygen atoms in total. The van der Waals surface area contributed by atoms with Gasteiger partial charge in [-0.25, -0.2) is 13.4 Å². The molecule has 1 N–H and O–H groups in total. The predicted molar refractivity (Wildman–Crippen MR) is 188 cm³/mol. The number of aromatic nitrogens is 1. The molecule has 236 valence electrons. The van der Waals surface area contributed by atoms with Gasteiger partial charge in [-0.3, -0.25) is 9.69 Å². The van der Waals surface area contributed by atoms with Gasteiger partial charge >= 0.3 is 0 Å². The van der Waals surface area contributed by atoms with Gasteiger partial charge in [0.2, 0.25) is 10.0 Å². The highest BCUT2D eigenvalue weighted by Gasteiger charge is 2.29. The fourth-order valence-corrected chi connectivity index (χ4v) is 9.67. The summed E-state index contributed by atoms with van der Waals surface area (Å²) in [6.45, 7) is 9.10. The Bertz CT molecular complexity index is 1850. The third-order valence-electron chi connectivity index (χ3n) is 7.89. The number of hydrogen-bond acceptors (Lipinski definition) is 7. The average molecular weight is 681 g/mol. The highest BCUT2D eigenvalue weighted by Crippen LogP contribution is 2.46. The van der Waals surface area contributed by atoms with Crippen LogP contribution in [0, 0.1) is 0 Å². The maximum absolute atomic E-state index is 13.6. The van der Waals surface area contributed by atoms with E-state index >= 15 is 0 Å². The van der Waals surface area contributed by atoms with Gasteiger partial charge < -0.3 is 5.32 Å². The first-order valence-electron chi connectivity index (χ1n) is 14.9. The lowest BCUT2D eigenvalue weighted by molar-refractivity contribution is 0.102. The number of thiazole rings is 1. The van der Waals surface area contributed by atoms with Crippen LogP contribution in [0.4, 0.5) is 5.00 Å². The first kappa shape index (κ1) is 33.2. The van der Waals surface area contributed by atoms with Crippen molar-refractivity contribution >= 4 is 66.2 Å². The molecule has 0 saturated heterocycles. The number of anilines is 1. The number of thiophene rings is 1. The highest BCUT2D eigenvalue weighted by atomic mass is 35.5. The van der Waals surface area contributed by atoms with Crippen LogP contribution < -0.4 is 5.32 Å². The van der Waals surface area contributed by atoms with Crippen LogP contribution in [0.3, 0.4) is 0 Å². The molecular weight excluding hydrogens is 644 g/mol. The summed E-state index contributed by atoms with van der Waals surface area (Å²) in [6, 6.07) is 23.7.